The number of hydrogen-bond acceptors (Lipinski definition) is 4. The van der Waals surface area contributed by atoms with Crippen LogP contribution in [-0.2, 0) is 20.6 Å². The fourth-order valence-electron chi connectivity index (χ4n) is 2.11. The van der Waals surface area contributed by atoms with Crippen molar-refractivity contribution in [1.29, 1.82) is 0 Å². The van der Waals surface area contributed by atoms with E-state index < -0.39 is 0 Å². The molecule has 2 aromatic heterocycles. The molecule has 1 N–H and O–H groups in total. The van der Waals surface area contributed by atoms with Gasteiger partial charge in [-0.3, -0.25) is 9.36 Å². The number of hydrogen-bond donors (Lipinski definition) is 1. The highest BCUT2D eigenvalue weighted by atomic mass is 32.2. The van der Waals surface area contributed by atoms with Crippen molar-refractivity contribution in [2.24, 2.45) is 14.1 Å². The Balaban J connectivity index is 1.81. The number of aryl methyl sites for hydroxylation is 3. The molecule has 0 bridgehead atoms. The molecule has 102 valence electrons. The fourth-order valence-corrected chi connectivity index (χ4v) is 3.15. The van der Waals surface area contributed by atoms with E-state index in [1.807, 2.05) is 35.9 Å². The minimum atomic E-state index is 0.718. The van der Waals surface area contributed by atoms with Gasteiger partial charge >= 0.3 is 0 Å². The van der Waals surface area contributed by atoms with Gasteiger partial charge in [0.2, 0.25) is 0 Å². The Morgan fingerprint density at radius 1 is 1.42 bits per heavy atom. The SMILES string of the molecule is Cc1nn(C)c(Sc2cnn(C)c2)c1CNC1CC1. The van der Waals surface area contributed by atoms with Crippen LogP contribution in [0.25, 0.3) is 0 Å². The van der Waals surface area contributed by atoms with Crippen molar-refractivity contribution in [3.05, 3.63) is 23.7 Å². The largest absolute Gasteiger partial charge is 0.310 e. The summed E-state index contributed by atoms with van der Waals surface area (Å²) in [5.74, 6) is 0. The summed E-state index contributed by atoms with van der Waals surface area (Å²) in [6.07, 6.45) is 6.55. The molecule has 1 aliphatic rings. The number of nitrogens with one attached hydrogen (secondary N) is 1. The normalized spacial score (nSPS) is 15.1. The van der Waals surface area contributed by atoms with Crippen LogP contribution in [0, 0.1) is 6.92 Å². The van der Waals surface area contributed by atoms with Crippen LogP contribution in [0.1, 0.15) is 24.1 Å². The van der Waals surface area contributed by atoms with Crippen molar-refractivity contribution < 1.29 is 0 Å². The van der Waals surface area contributed by atoms with E-state index >= 15 is 0 Å². The predicted octanol–water partition coefficient (Wildman–Crippen LogP) is 1.87. The van der Waals surface area contributed by atoms with Gasteiger partial charge in [-0.25, -0.2) is 0 Å². The molecule has 1 aliphatic carbocycles. The van der Waals surface area contributed by atoms with Crippen LogP contribution in [-0.4, -0.2) is 25.6 Å². The molecule has 1 saturated carbocycles. The third-order valence-corrected chi connectivity index (χ3v) is 4.48. The smallest absolute Gasteiger partial charge is 0.103 e. The van der Waals surface area contributed by atoms with Gasteiger partial charge in [0.25, 0.3) is 0 Å². The van der Waals surface area contributed by atoms with Gasteiger partial charge in [-0.05, 0) is 19.8 Å². The average Bonchev–Trinajstić information content (AvgIpc) is 3.04. The lowest BCUT2D eigenvalue weighted by Gasteiger charge is -2.06. The van der Waals surface area contributed by atoms with E-state index in [1.165, 1.54) is 23.4 Å². The zero-order valence-electron chi connectivity index (χ0n) is 11.6. The van der Waals surface area contributed by atoms with Crippen LogP contribution in [0.2, 0.25) is 0 Å². The summed E-state index contributed by atoms with van der Waals surface area (Å²) in [4.78, 5) is 1.15. The van der Waals surface area contributed by atoms with Gasteiger partial charge in [-0.1, -0.05) is 11.8 Å². The van der Waals surface area contributed by atoms with Crippen molar-refractivity contribution in [2.75, 3.05) is 0 Å². The maximum Gasteiger partial charge on any atom is 0.103 e. The van der Waals surface area contributed by atoms with Crippen LogP contribution in [0.4, 0.5) is 0 Å². The van der Waals surface area contributed by atoms with Crippen molar-refractivity contribution in [3.63, 3.8) is 0 Å². The molecule has 2 heterocycles. The van der Waals surface area contributed by atoms with Gasteiger partial charge in [0.15, 0.2) is 0 Å². The molecule has 0 atom stereocenters. The van der Waals surface area contributed by atoms with Crippen molar-refractivity contribution in [3.8, 4) is 0 Å². The molecule has 3 rings (SSSR count). The summed E-state index contributed by atoms with van der Waals surface area (Å²) >= 11 is 1.73. The predicted molar refractivity (Wildman–Crippen MR) is 75.1 cm³/mol. The molecule has 2 aromatic rings. The van der Waals surface area contributed by atoms with Crippen LogP contribution in [0.3, 0.4) is 0 Å². The van der Waals surface area contributed by atoms with Gasteiger partial charge in [0, 0.05) is 38.4 Å². The molecule has 0 radical (unpaired) electrons. The fraction of sp³-hybridized carbons (Fsp3) is 0.538. The van der Waals surface area contributed by atoms with E-state index in [4.69, 9.17) is 0 Å². The molecule has 0 unspecified atom stereocenters. The summed E-state index contributed by atoms with van der Waals surface area (Å²) in [7, 11) is 3.94. The minimum Gasteiger partial charge on any atom is -0.310 e. The number of rotatable bonds is 5. The second-order valence-corrected chi connectivity index (χ2v) is 6.16. The first-order valence-corrected chi connectivity index (χ1v) is 7.37. The summed E-state index contributed by atoms with van der Waals surface area (Å²) in [6, 6.07) is 0.718. The minimum absolute atomic E-state index is 0.718. The quantitative estimate of drug-likeness (QED) is 0.906. The standard InChI is InChI=1S/C13H19N5S/c1-9-12(7-14-10-4-5-10)13(18(3)16-9)19-11-6-15-17(2)8-11/h6,8,10,14H,4-5,7H2,1-3H3. The third kappa shape index (κ3) is 2.84. The Kier molecular flexibility index (Phi) is 3.36. The van der Waals surface area contributed by atoms with Crippen molar-refractivity contribution >= 4 is 11.8 Å². The Hall–Kier alpha value is -1.27. The van der Waals surface area contributed by atoms with Gasteiger partial charge in [-0.2, -0.15) is 10.2 Å². The first-order chi connectivity index (χ1) is 9.13. The highest BCUT2D eigenvalue weighted by Gasteiger charge is 2.22. The highest BCUT2D eigenvalue weighted by molar-refractivity contribution is 7.99. The monoisotopic (exact) mass is 277 g/mol. The second-order valence-electron chi connectivity index (χ2n) is 5.10. The van der Waals surface area contributed by atoms with Gasteiger partial charge in [-0.15, -0.1) is 0 Å². The number of aromatic nitrogens is 4. The Morgan fingerprint density at radius 2 is 2.21 bits per heavy atom. The lowest BCUT2D eigenvalue weighted by Crippen LogP contribution is -2.16. The van der Waals surface area contributed by atoms with Gasteiger partial charge in [0.05, 0.1) is 16.8 Å². The first-order valence-electron chi connectivity index (χ1n) is 6.56. The molecule has 0 aliphatic heterocycles. The molecule has 19 heavy (non-hydrogen) atoms. The molecule has 0 aromatic carbocycles. The summed E-state index contributed by atoms with van der Waals surface area (Å²) < 4.78 is 3.80. The van der Waals surface area contributed by atoms with Gasteiger partial charge in [0.1, 0.15) is 5.03 Å². The van der Waals surface area contributed by atoms with E-state index in [9.17, 15) is 0 Å². The summed E-state index contributed by atoms with van der Waals surface area (Å²) in [5.41, 5.74) is 2.42. The van der Waals surface area contributed by atoms with E-state index in [2.05, 4.69) is 22.4 Å². The molecule has 6 heteroatoms. The van der Waals surface area contributed by atoms with Crippen LogP contribution >= 0.6 is 11.8 Å². The van der Waals surface area contributed by atoms with Crippen molar-refractivity contribution in [2.45, 2.75) is 42.3 Å². The zero-order valence-corrected chi connectivity index (χ0v) is 12.4. The Morgan fingerprint density at radius 3 is 2.84 bits per heavy atom. The zero-order chi connectivity index (χ0) is 13.4. The van der Waals surface area contributed by atoms with E-state index in [0.29, 0.717) is 0 Å². The number of nitrogens with zero attached hydrogens (tertiary/aromatic N) is 4. The van der Waals surface area contributed by atoms with Crippen LogP contribution in [0.5, 0.6) is 0 Å². The lowest BCUT2D eigenvalue weighted by atomic mass is 10.2. The topological polar surface area (TPSA) is 47.7 Å². The summed E-state index contributed by atoms with van der Waals surface area (Å²) in [5, 5.41) is 13.5. The Labute approximate surface area is 117 Å². The second kappa shape index (κ2) is 5.02. The Bertz CT molecular complexity index is 582. The molecule has 0 spiro atoms. The van der Waals surface area contributed by atoms with Crippen LogP contribution < -0.4 is 5.32 Å². The van der Waals surface area contributed by atoms with Crippen LogP contribution in [0.15, 0.2) is 22.3 Å². The van der Waals surface area contributed by atoms with E-state index in [0.717, 1.165) is 23.2 Å². The van der Waals surface area contributed by atoms with E-state index in [1.54, 1.807) is 11.8 Å². The molecular weight excluding hydrogens is 258 g/mol. The first kappa shape index (κ1) is 12.7. The maximum atomic E-state index is 4.54. The molecule has 0 saturated heterocycles. The highest BCUT2D eigenvalue weighted by Crippen LogP contribution is 2.31. The van der Waals surface area contributed by atoms with Gasteiger partial charge < -0.3 is 5.32 Å². The third-order valence-electron chi connectivity index (χ3n) is 3.33. The molecule has 0 amide bonds. The molecule has 1 fully saturated rings. The van der Waals surface area contributed by atoms with E-state index in [-0.39, 0.29) is 0 Å². The average molecular weight is 277 g/mol. The van der Waals surface area contributed by atoms with Crippen molar-refractivity contribution in [1.82, 2.24) is 24.9 Å². The molecule has 5 nitrogen and oxygen atoms in total. The summed E-state index contributed by atoms with van der Waals surface area (Å²) in [6.45, 7) is 2.99. The lowest BCUT2D eigenvalue weighted by molar-refractivity contribution is 0.658. The maximum absolute atomic E-state index is 4.54. The molecular formula is C13H19N5S.